The van der Waals surface area contributed by atoms with Crippen LogP contribution in [0.25, 0.3) is 11.0 Å². The SMILES string of the molecule is Cc1c(C(=O)C2CCC2)oc2ccc(F)cc12. The number of carbonyl (C=O) groups excluding carboxylic acids is 1. The third-order valence-electron chi connectivity index (χ3n) is 3.60. The fourth-order valence-corrected chi connectivity index (χ4v) is 2.28. The maximum Gasteiger partial charge on any atom is 0.201 e. The molecule has 1 heterocycles. The second kappa shape index (κ2) is 3.69. The third kappa shape index (κ3) is 1.57. The van der Waals surface area contributed by atoms with Crippen molar-refractivity contribution in [2.45, 2.75) is 26.2 Å². The Morgan fingerprint density at radius 1 is 1.41 bits per heavy atom. The first kappa shape index (κ1) is 10.5. The molecule has 0 unspecified atom stereocenters. The number of halogens is 1. The molecule has 1 fully saturated rings. The van der Waals surface area contributed by atoms with Gasteiger partial charge in [-0.25, -0.2) is 4.39 Å². The Kier molecular flexibility index (Phi) is 2.28. The van der Waals surface area contributed by atoms with Gasteiger partial charge in [0.2, 0.25) is 5.78 Å². The second-order valence-corrected chi connectivity index (χ2v) is 4.69. The van der Waals surface area contributed by atoms with E-state index < -0.39 is 0 Å². The summed E-state index contributed by atoms with van der Waals surface area (Å²) in [5.74, 6) is 0.295. The van der Waals surface area contributed by atoms with Gasteiger partial charge in [0.15, 0.2) is 5.76 Å². The lowest BCUT2D eigenvalue weighted by molar-refractivity contribution is 0.0827. The van der Waals surface area contributed by atoms with E-state index in [0.717, 1.165) is 24.8 Å². The molecular weight excluding hydrogens is 219 g/mol. The van der Waals surface area contributed by atoms with Gasteiger partial charge in [-0.2, -0.15) is 0 Å². The van der Waals surface area contributed by atoms with Crippen molar-refractivity contribution in [1.29, 1.82) is 0 Å². The van der Waals surface area contributed by atoms with Crippen LogP contribution in [0.15, 0.2) is 22.6 Å². The summed E-state index contributed by atoms with van der Waals surface area (Å²) < 4.78 is 18.7. The van der Waals surface area contributed by atoms with Crippen LogP contribution in [0, 0.1) is 18.7 Å². The molecule has 1 aliphatic carbocycles. The number of hydrogen-bond acceptors (Lipinski definition) is 2. The predicted octanol–water partition coefficient (Wildman–Crippen LogP) is 3.86. The molecule has 2 aromatic rings. The van der Waals surface area contributed by atoms with Crippen LogP contribution in [0.4, 0.5) is 4.39 Å². The van der Waals surface area contributed by atoms with Crippen LogP contribution < -0.4 is 0 Å². The van der Waals surface area contributed by atoms with Crippen molar-refractivity contribution in [2.75, 3.05) is 0 Å². The zero-order valence-corrected chi connectivity index (χ0v) is 9.63. The zero-order valence-electron chi connectivity index (χ0n) is 9.63. The van der Waals surface area contributed by atoms with Crippen molar-refractivity contribution < 1.29 is 13.6 Å². The molecule has 2 nitrogen and oxygen atoms in total. The van der Waals surface area contributed by atoms with Crippen LogP contribution in [-0.4, -0.2) is 5.78 Å². The van der Waals surface area contributed by atoms with Crippen LogP contribution >= 0.6 is 0 Å². The van der Waals surface area contributed by atoms with E-state index in [1.165, 1.54) is 12.1 Å². The number of carbonyl (C=O) groups is 1. The van der Waals surface area contributed by atoms with Crippen LogP contribution in [0.3, 0.4) is 0 Å². The van der Waals surface area contributed by atoms with Gasteiger partial charge >= 0.3 is 0 Å². The number of rotatable bonds is 2. The number of furan rings is 1. The molecule has 1 aromatic heterocycles. The minimum atomic E-state index is -0.302. The van der Waals surface area contributed by atoms with E-state index in [-0.39, 0.29) is 17.5 Å². The smallest absolute Gasteiger partial charge is 0.201 e. The molecule has 0 radical (unpaired) electrons. The first-order chi connectivity index (χ1) is 8.16. The van der Waals surface area contributed by atoms with E-state index in [0.29, 0.717) is 16.7 Å². The summed E-state index contributed by atoms with van der Waals surface area (Å²) in [7, 11) is 0. The summed E-state index contributed by atoms with van der Waals surface area (Å²) in [6.07, 6.45) is 3.01. The van der Waals surface area contributed by atoms with E-state index in [2.05, 4.69) is 0 Å². The minimum absolute atomic E-state index is 0.0744. The first-order valence-electron chi connectivity index (χ1n) is 5.89. The summed E-state index contributed by atoms with van der Waals surface area (Å²) in [4.78, 5) is 12.1. The Morgan fingerprint density at radius 3 is 2.82 bits per heavy atom. The summed E-state index contributed by atoms with van der Waals surface area (Å²) in [5.41, 5.74) is 1.35. The largest absolute Gasteiger partial charge is 0.453 e. The molecule has 0 atom stereocenters. The molecule has 88 valence electrons. The highest BCUT2D eigenvalue weighted by Crippen LogP contribution is 2.34. The standard InChI is InChI=1S/C14H13FO2/c1-8-11-7-10(15)5-6-12(11)17-14(8)13(16)9-3-2-4-9/h5-7,9H,2-4H2,1H3. The van der Waals surface area contributed by atoms with E-state index >= 15 is 0 Å². The molecule has 0 N–H and O–H groups in total. The molecule has 0 spiro atoms. The highest BCUT2D eigenvalue weighted by molar-refractivity contribution is 6.01. The van der Waals surface area contributed by atoms with Gasteiger partial charge in [-0.05, 0) is 38.0 Å². The number of fused-ring (bicyclic) bond motifs is 1. The molecule has 1 saturated carbocycles. The molecule has 3 heteroatoms. The predicted molar refractivity (Wildman–Crippen MR) is 62.6 cm³/mol. The van der Waals surface area contributed by atoms with Crippen LogP contribution in [0.1, 0.15) is 35.4 Å². The van der Waals surface area contributed by atoms with Crippen molar-refractivity contribution >= 4 is 16.8 Å². The quantitative estimate of drug-likeness (QED) is 0.736. The summed E-state index contributed by atoms with van der Waals surface area (Å²) in [6, 6.07) is 4.35. The Hall–Kier alpha value is -1.64. The fourth-order valence-electron chi connectivity index (χ4n) is 2.28. The normalized spacial score (nSPS) is 16.1. The van der Waals surface area contributed by atoms with Crippen LogP contribution in [0.5, 0.6) is 0 Å². The van der Waals surface area contributed by atoms with E-state index in [9.17, 15) is 9.18 Å². The van der Waals surface area contributed by atoms with Crippen molar-refractivity contribution in [1.82, 2.24) is 0 Å². The molecular formula is C14H13FO2. The lowest BCUT2D eigenvalue weighted by atomic mass is 9.81. The average molecular weight is 232 g/mol. The molecule has 3 rings (SSSR count). The average Bonchev–Trinajstić information content (AvgIpc) is 2.54. The Morgan fingerprint density at radius 2 is 2.18 bits per heavy atom. The summed E-state index contributed by atoms with van der Waals surface area (Å²) in [5, 5.41) is 0.702. The van der Waals surface area contributed by atoms with Gasteiger partial charge in [0.05, 0.1) is 0 Å². The third-order valence-corrected chi connectivity index (χ3v) is 3.60. The van der Waals surface area contributed by atoms with Crippen LogP contribution in [0.2, 0.25) is 0 Å². The minimum Gasteiger partial charge on any atom is -0.453 e. The van der Waals surface area contributed by atoms with E-state index in [1.807, 2.05) is 6.92 Å². The van der Waals surface area contributed by atoms with Crippen LogP contribution in [-0.2, 0) is 0 Å². The van der Waals surface area contributed by atoms with E-state index in [4.69, 9.17) is 4.42 Å². The molecule has 1 aliphatic rings. The van der Waals surface area contributed by atoms with Gasteiger partial charge < -0.3 is 4.42 Å². The fraction of sp³-hybridized carbons (Fsp3) is 0.357. The highest BCUT2D eigenvalue weighted by Gasteiger charge is 2.30. The van der Waals surface area contributed by atoms with Gasteiger partial charge in [-0.1, -0.05) is 6.42 Å². The summed E-state index contributed by atoms with van der Waals surface area (Å²) in [6.45, 7) is 1.82. The maximum absolute atomic E-state index is 13.1. The number of Topliss-reactive ketones (excluding diaryl/α,β-unsaturated/α-hetero) is 1. The van der Waals surface area contributed by atoms with Crippen molar-refractivity contribution in [2.24, 2.45) is 5.92 Å². The van der Waals surface area contributed by atoms with Crippen molar-refractivity contribution in [3.05, 3.63) is 35.3 Å². The molecule has 0 amide bonds. The molecule has 0 bridgehead atoms. The lowest BCUT2D eigenvalue weighted by Gasteiger charge is -2.22. The molecule has 17 heavy (non-hydrogen) atoms. The number of hydrogen-bond donors (Lipinski definition) is 0. The number of ketones is 1. The van der Waals surface area contributed by atoms with Gasteiger partial charge in [-0.15, -0.1) is 0 Å². The van der Waals surface area contributed by atoms with Gasteiger partial charge in [-0.3, -0.25) is 4.79 Å². The Labute approximate surface area is 98.4 Å². The monoisotopic (exact) mass is 232 g/mol. The molecule has 1 aromatic carbocycles. The topological polar surface area (TPSA) is 30.2 Å². The van der Waals surface area contributed by atoms with Gasteiger partial charge in [0.1, 0.15) is 11.4 Å². The summed E-state index contributed by atoms with van der Waals surface area (Å²) >= 11 is 0. The van der Waals surface area contributed by atoms with E-state index in [1.54, 1.807) is 6.07 Å². The van der Waals surface area contributed by atoms with Crippen molar-refractivity contribution in [3.63, 3.8) is 0 Å². The Bertz CT molecular complexity index is 594. The lowest BCUT2D eigenvalue weighted by Crippen LogP contribution is -2.22. The molecule has 0 aliphatic heterocycles. The zero-order chi connectivity index (χ0) is 12.0. The second-order valence-electron chi connectivity index (χ2n) is 4.69. The number of aryl methyl sites for hydroxylation is 1. The molecule has 0 saturated heterocycles. The highest BCUT2D eigenvalue weighted by atomic mass is 19.1. The first-order valence-corrected chi connectivity index (χ1v) is 5.89. The van der Waals surface area contributed by atoms with Gasteiger partial charge in [0.25, 0.3) is 0 Å². The van der Waals surface area contributed by atoms with Gasteiger partial charge in [0, 0.05) is 16.9 Å². The van der Waals surface area contributed by atoms with Crippen molar-refractivity contribution in [3.8, 4) is 0 Å². The maximum atomic E-state index is 13.1. The number of benzene rings is 1. The Balaban J connectivity index is 2.10.